The standard InChI is InChI=1S/C31H33N5O6S/c1-4-34-16-18-35(19-17-34)43(40,41)27-20-23(32-29(37)25-13-9-8-10-21(25)2)14-15-26(27)42-30-22(3)28(31(38)39)33-36(30)24-11-6-5-7-12-24/h5-15,20H,4,16-19H2,1-3H3,(H,32,37)(H,38,39). The zero-order chi connectivity index (χ0) is 30.7. The van der Waals surface area contributed by atoms with Gasteiger partial charge in [0.05, 0.1) is 5.69 Å². The fourth-order valence-electron chi connectivity index (χ4n) is 4.97. The summed E-state index contributed by atoms with van der Waals surface area (Å²) in [6.07, 6.45) is 0. The summed E-state index contributed by atoms with van der Waals surface area (Å²) in [6.45, 7) is 7.97. The molecule has 1 aliphatic heterocycles. The number of rotatable bonds is 9. The highest BCUT2D eigenvalue weighted by atomic mass is 32.2. The molecule has 1 aromatic heterocycles. The molecule has 0 radical (unpaired) electrons. The van der Waals surface area contributed by atoms with Gasteiger partial charge >= 0.3 is 5.97 Å². The van der Waals surface area contributed by atoms with Crippen LogP contribution in [0.1, 0.15) is 38.9 Å². The number of carboxylic acids is 1. The van der Waals surface area contributed by atoms with Crippen LogP contribution in [0.5, 0.6) is 11.6 Å². The Morgan fingerprint density at radius 3 is 2.28 bits per heavy atom. The van der Waals surface area contributed by atoms with Crippen LogP contribution in [0.3, 0.4) is 0 Å². The second kappa shape index (κ2) is 12.4. The van der Waals surface area contributed by atoms with Crippen molar-refractivity contribution in [3.05, 3.63) is 95.2 Å². The number of hydrogen-bond donors (Lipinski definition) is 2. The molecule has 0 aliphatic carbocycles. The summed E-state index contributed by atoms with van der Waals surface area (Å²) >= 11 is 0. The number of amides is 1. The first-order valence-corrected chi connectivity index (χ1v) is 15.3. The molecule has 4 aromatic rings. The Hall–Kier alpha value is -4.52. The number of sulfonamides is 1. The number of carbonyl (C=O) groups excluding carboxylic acids is 1. The normalized spacial score (nSPS) is 14.4. The van der Waals surface area contributed by atoms with Crippen LogP contribution in [0.15, 0.2) is 77.7 Å². The van der Waals surface area contributed by atoms with E-state index in [0.29, 0.717) is 37.4 Å². The van der Waals surface area contributed by atoms with Gasteiger partial charge in [-0.3, -0.25) is 4.79 Å². The molecule has 0 saturated carbocycles. The van der Waals surface area contributed by atoms with Crippen LogP contribution in [-0.2, 0) is 10.0 Å². The molecule has 2 N–H and O–H groups in total. The molecule has 1 fully saturated rings. The summed E-state index contributed by atoms with van der Waals surface area (Å²) in [7, 11) is -4.09. The second-order valence-corrected chi connectivity index (χ2v) is 12.1. The first-order valence-electron chi connectivity index (χ1n) is 13.9. The van der Waals surface area contributed by atoms with Gasteiger partial charge in [0, 0.05) is 43.0 Å². The lowest BCUT2D eigenvalue weighted by Crippen LogP contribution is -2.48. The summed E-state index contributed by atoms with van der Waals surface area (Å²) in [6, 6.07) is 20.3. The topological polar surface area (TPSA) is 134 Å². The minimum Gasteiger partial charge on any atom is -0.476 e. The minimum atomic E-state index is -4.09. The van der Waals surface area contributed by atoms with Gasteiger partial charge in [0.25, 0.3) is 5.91 Å². The Morgan fingerprint density at radius 1 is 0.953 bits per heavy atom. The molecular weight excluding hydrogens is 570 g/mol. The monoisotopic (exact) mass is 603 g/mol. The number of aromatic nitrogens is 2. The Bertz CT molecular complexity index is 1760. The number of ether oxygens (including phenoxy) is 1. The van der Waals surface area contributed by atoms with Crippen LogP contribution in [0.4, 0.5) is 5.69 Å². The molecule has 0 bridgehead atoms. The van der Waals surface area contributed by atoms with Crippen LogP contribution in [0.25, 0.3) is 5.69 Å². The van der Waals surface area contributed by atoms with Crippen LogP contribution < -0.4 is 10.1 Å². The molecule has 12 heteroatoms. The van der Waals surface area contributed by atoms with E-state index in [-0.39, 0.29) is 39.4 Å². The van der Waals surface area contributed by atoms with E-state index < -0.39 is 16.0 Å². The number of carboxylic acid groups (broad SMARTS) is 1. The van der Waals surface area contributed by atoms with Crippen molar-refractivity contribution in [1.82, 2.24) is 19.0 Å². The smallest absolute Gasteiger partial charge is 0.356 e. The van der Waals surface area contributed by atoms with E-state index in [0.717, 1.165) is 12.1 Å². The number of anilines is 1. The third kappa shape index (κ3) is 6.17. The van der Waals surface area contributed by atoms with Crippen molar-refractivity contribution in [3.8, 4) is 17.3 Å². The number of hydrogen-bond acceptors (Lipinski definition) is 7. The van der Waals surface area contributed by atoms with Gasteiger partial charge in [-0.15, -0.1) is 0 Å². The Balaban J connectivity index is 1.59. The van der Waals surface area contributed by atoms with E-state index in [4.69, 9.17) is 4.74 Å². The van der Waals surface area contributed by atoms with Gasteiger partial charge in [0.15, 0.2) is 5.69 Å². The van der Waals surface area contributed by atoms with Gasteiger partial charge in [-0.1, -0.05) is 43.3 Å². The van der Waals surface area contributed by atoms with Gasteiger partial charge in [-0.05, 0) is 62.4 Å². The predicted molar refractivity (Wildman–Crippen MR) is 162 cm³/mol. The lowest BCUT2D eigenvalue weighted by atomic mass is 10.1. The summed E-state index contributed by atoms with van der Waals surface area (Å²) in [5, 5.41) is 16.8. The highest BCUT2D eigenvalue weighted by Crippen LogP contribution is 2.37. The number of piperazine rings is 1. The van der Waals surface area contributed by atoms with Gasteiger partial charge < -0.3 is 20.1 Å². The molecule has 43 heavy (non-hydrogen) atoms. The molecule has 1 amide bonds. The molecule has 1 saturated heterocycles. The van der Waals surface area contributed by atoms with Crippen LogP contribution in [0, 0.1) is 13.8 Å². The van der Waals surface area contributed by atoms with Gasteiger partial charge in [-0.25, -0.2) is 13.2 Å². The van der Waals surface area contributed by atoms with Crippen molar-refractivity contribution in [1.29, 1.82) is 0 Å². The number of carbonyl (C=O) groups is 2. The first-order chi connectivity index (χ1) is 20.6. The quantitative estimate of drug-likeness (QED) is 0.285. The zero-order valence-electron chi connectivity index (χ0n) is 24.1. The van der Waals surface area contributed by atoms with Crippen LogP contribution in [-0.4, -0.2) is 77.1 Å². The van der Waals surface area contributed by atoms with Crippen molar-refractivity contribution in [3.63, 3.8) is 0 Å². The largest absolute Gasteiger partial charge is 0.476 e. The van der Waals surface area contributed by atoms with E-state index in [1.54, 1.807) is 49.4 Å². The zero-order valence-corrected chi connectivity index (χ0v) is 25.0. The number of nitrogens with zero attached hydrogens (tertiary/aromatic N) is 4. The lowest BCUT2D eigenvalue weighted by molar-refractivity contribution is 0.0689. The number of aromatic carboxylic acids is 1. The summed E-state index contributed by atoms with van der Waals surface area (Å²) < 4.78 is 37.2. The number of benzene rings is 3. The maximum Gasteiger partial charge on any atom is 0.356 e. The highest BCUT2D eigenvalue weighted by molar-refractivity contribution is 7.89. The molecule has 5 rings (SSSR count). The van der Waals surface area contributed by atoms with Crippen molar-refractivity contribution >= 4 is 27.6 Å². The average molecular weight is 604 g/mol. The number of likely N-dealkylation sites (N-methyl/N-ethyl adjacent to an activating group) is 1. The highest BCUT2D eigenvalue weighted by Gasteiger charge is 2.32. The third-order valence-corrected chi connectivity index (χ3v) is 9.39. The van der Waals surface area contributed by atoms with Gasteiger partial charge in [0.1, 0.15) is 10.6 Å². The second-order valence-electron chi connectivity index (χ2n) is 10.2. The molecule has 0 unspecified atom stereocenters. The lowest BCUT2D eigenvalue weighted by Gasteiger charge is -2.33. The molecule has 11 nitrogen and oxygen atoms in total. The molecule has 0 spiro atoms. The maximum absolute atomic E-state index is 14.1. The van der Waals surface area contributed by atoms with E-state index in [9.17, 15) is 23.1 Å². The van der Waals surface area contributed by atoms with E-state index in [1.807, 2.05) is 32.0 Å². The number of para-hydroxylation sites is 1. The summed E-state index contributed by atoms with van der Waals surface area (Å²) in [5.74, 6) is -1.58. The molecule has 0 atom stereocenters. The Morgan fingerprint density at radius 2 is 1.63 bits per heavy atom. The fourth-order valence-corrected chi connectivity index (χ4v) is 6.54. The van der Waals surface area contributed by atoms with E-state index in [2.05, 4.69) is 15.3 Å². The number of aryl methyl sites for hydroxylation is 1. The molecule has 224 valence electrons. The van der Waals surface area contributed by atoms with Crippen LogP contribution in [0.2, 0.25) is 0 Å². The average Bonchev–Trinajstić information content (AvgIpc) is 3.34. The van der Waals surface area contributed by atoms with Gasteiger partial charge in [0.2, 0.25) is 15.9 Å². The van der Waals surface area contributed by atoms with Crippen molar-refractivity contribution in [2.24, 2.45) is 0 Å². The number of nitrogens with one attached hydrogen (secondary N) is 1. The van der Waals surface area contributed by atoms with E-state index >= 15 is 0 Å². The van der Waals surface area contributed by atoms with E-state index in [1.165, 1.54) is 21.1 Å². The summed E-state index contributed by atoms with van der Waals surface area (Å²) in [5.41, 5.74) is 2.06. The van der Waals surface area contributed by atoms with Crippen molar-refractivity contribution in [2.45, 2.75) is 25.7 Å². The Labute approximate surface area is 250 Å². The SMILES string of the molecule is CCN1CCN(S(=O)(=O)c2cc(NC(=O)c3ccccc3C)ccc2Oc2c(C)c(C(=O)O)nn2-c2ccccc2)CC1. The molecular formula is C31H33N5O6S. The molecule has 3 aromatic carbocycles. The minimum absolute atomic E-state index is 0.0241. The Kier molecular flexibility index (Phi) is 8.62. The molecule has 1 aliphatic rings. The van der Waals surface area contributed by atoms with Gasteiger partial charge in [-0.2, -0.15) is 14.1 Å². The third-order valence-electron chi connectivity index (χ3n) is 7.47. The summed E-state index contributed by atoms with van der Waals surface area (Å²) in [4.78, 5) is 27.1. The van der Waals surface area contributed by atoms with Crippen molar-refractivity contribution < 1.29 is 27.9 Å². The fraction of sp³-hybridized carbons (Fsp3) is 0.258. The predicted octanol–water partition coefficient (Wildman–Crippen LogP) is 4.56. The van der Waals surface area contributed by atoms with Crippen LogP contribution >= 0.6 is 0 Å². The first kappa shape index (κ1) is 30.0. The maximum atomic E-state index is 14.1. The molecule has 2 heterocycles. The van der Waals surface area contributed by atoms with Crippen molar-refractivity contribution in [2.75, 3.05) is 38.0 Å².